The zero-order chi connectivity index (χ0) is 16.0. The van der Waals surface area contributed by atoms with Gasteiger partial charge in [0, 0.05) is 0 Å². The molecule has 0 N–H and O–H groups in total. The predicted octanol–water partition coefficient (Wildman–Crippen LogP) is 1.49. The van der Waals surface area contributed by atoms with E-state index < -0.39 is 0 Å². The molecule has 0 radical (unpaired) electrons. The van der Waals surface area contributed by atoms with Crippen molar-refractivity contribution in [2.45, 2.75) is 13.8 Å². The van der Waals surface area contributed by atoms with Crippen LogP contribution in [0, 0.1) is 40.8 Å². The largest absolute Gasteiger partial charge is 0.287 e. The van der Waals surface area contributed by atoms with Gasteiger partial charge in [0.2, 0.25) is 10.9 Å². The summed E-state index contributed by atoms with van der Waals surface area (Å²) in [5.74, 6) is 0. The Bertz CT molecular complexity index is 1180. The summed E-state index contributed by atoms with van der Waals surface area (Å²) >= 11 is 4.78. The predicted molar refractivity (Wildman–Crippen MR) is 89.7 cm³/mol. The standard InChI is InChI=1S/C14H6N2O2S4/c1-5(3-15)13-19-9-7(17)11-12(8(18)10(9)20-13)22-14(21-11)6(2)4-16/h1-2H3. The Labute approximate surface area is 139 Å². The third-order valence-corrected chi connectivity index (χ3v) is 8.56. The van der Waals surface area contributed by atoms with Crippen LogP contribution in [0.4, 0.5) is 0 Å². The fourth-order valence-corrected chi connectivity index (χ4v) is 6.82. The second-order valence-electron chi connectivity index (χ2n) is 4.43. The Balaban J connectivity index is 2.66. The van der Waals surface area contributed by atoms with Crippen LogP contribution in [0.25, 0.3) is 11.1 Å². The lowest BCUT2D eigenvalue weighted by Gasteiger charge is -1.80. The number of nitrogens with zero attached hydrogens (tertiary/aromatic N) is 2. The van der Waals surface area contributed by atoms with Gasteiger partial charge in [0.15, 0.2) is 0 Å². The highest BCUT2D eigenvalue weighted by Crippen LogP contribution is 2.09. The van der Waals surface area contributed by atoms with E-state index in [0.717, 1.165) is 0 Å². The fourth-order valence-electron chi connectivity index (χ4n) is 1.80. The molecule has 0 fully saturated rings. The van der Waals surface area contributed by atoms with E-state index in [2.05, 4.69) is 0 Å². The molecule has 0 unspecified atom stereocenters. The Kier molecular flexibility index (Phi) is 3.71. The molecule has 4 nitrogen and oxygen atoms in total. The highest BCUT2D eigenvalue weighted by atomic mass is 32.2. The molecule has 0 spiro atoms. The molecular formula is C14H6N2O2S4. The minimum Gasteiger partial charge on any atom is -0.287 e. The minimum atomic E-state index is -0.180. The van der Waals surface area contributed by atoms with Crippen molar-refractivity contribution in [3.05, 3.63) is 46.3 Å². The van der Waals surface area contributed by atoms with Gasteiger partial charge in [0.1, 0.15) is 0 Å². The monoisotopic (exact) mass is 362 g/mol. The molecule has 0 saturated heterocycles. The zero-order valence-corrected chi connectivity index (χ0v) is 14.6. The van der Waals surface area contributed by atoms with Crippen LogP contribution in [0.2, 0.25) is 0 Å². The van der Waals surface area contributed by atoms with E-state index in [1.807, 2.05) is 12.1 Å². The zero-order valence-electron chi connectivity index (χ0n) is 11.3. The fraction of sp³-hybridized carbons (Fsp3) is 0.143. The van der Waals surface area contributed by atoms with Gasteiger partial charge in [-0.3, -0.25) is 9.59 Å². The van der Waals surface area contributed by atoms with Crippen LogP contribution in [-0.2, 0) is 0 Å². The van der Waals surface area contributed by atoms with Gasteiger partial charge >= 0.3 is 0 Å². The topological polar surface area (TPSA) is 81.7 Å². The summed E-state index contributed by atoms with van der Waals surface area (Å²) in [4.78, 5) is 25.2. The van der Waals surface area contributed by atoms with E-state index in [9.17, 15) is 9.59 Å². The van der Waals surface area contributed by atoms with Crippen LogP contribution in [0.5, 0.6) is 0 Å². The molecule has 0 aromatic rings. The Morgan fingerprint density at radius 3 is 1.23 bits per heavy atom. The first-order valence-electron chi connectivity index (χ1n) is 5.99. The lowest BCUT2D eigenvalue weighted by molar-refractivity contribution is 1.45. The van der Waals surface area contributed by atoms with Crippen LogP contribution < -0.4 is 18.5 Å². The summed E-state index contributed by atoms with van der Waals surface area (Å²) in [6, 6.07) is 4.09. The highest BCUT2D eigenvalue weighted by Gasteiger charge is 2.11. The molecule has 0 amide bonds. The first-order valence-corrected chi connectivity index (χ1v) is 9.25. The quantitative estimate of drug-likeness (QED) is 0.607. The Hall–Kier alpha value is -1.84. The normalized spacial score (nSPS) is 10.5. The lowest BCUT2D eigenvalue weighted by atomic mass is 10.4. The summed E-state index contributed by atoms with van der Waals surface area (Å²) in [7, 11) is 0. The second kappa shape index (κ2) is 5.41. The van der Waals surface area contributed by atoms with E-state index in [0.29, 0.717) is 37.0 Å². The van der Waals surface area contributed by atoms with Gasteiger partial charge in [-0.05, 0) is 13.8 Å². The lowest BCUT2D eigenvalue weighted by Crippen LogP contribution is -2.11. The third kappa shape index (κ3) is 2.13. The molecule has 22 heavy (non-hydrogen) atoms. The third-order valence-electron chi connectivity index (χ3n) is 2.96. The molecule has 3 aliphatic rings. The van der Waals surface area contributed by atoms with Gasteiger partial charge in [-0.1, -0.05) is 0 Å². The molecule has 108 valence electrons. The minimum absolute atomic E-state index is 0.180. The van der Waals surface area contributed by atoms with Crippen LogP contribution in [0.15, 0.2) is 9.59 Å². The van der Waals surface area contributed by atoms with Gasteiger partial charge in [0.25, 0.3) is 0 Å². The molecule has 0 bridgehead atoms. The van der Waals surface area contributed by atoms with Crippen molar-refractivity contribution >= 4 is 56.5 Å². The maximum Gasteiger partial charge on any atom is 0.216 e. The van der Waals surface area contributed by atoms with E-state index in [1.165, 1.54) is 45.3 Å². The van der Waals surface area contributed by atoms with Crippen LogP contribution in [-0.4, -0.2) is 0 Å². The number of hydrogen-bond donors (Lipinski definition) is 0. The van der Waals surface area contributed by atoms with Gasteiger partial charge in [-0.2, -0.15) is 10.5 Å². The Morgan fingerprint density at radius 2 is 1.00 bits per heavy atom. The van der Waals surface area contributed by atoms with Crippen LogP contribution >= 0.6 is 45.3 Å². The molecule has 0 aromatic heterocycles. The van der Waals surface area contributed by atoms with Crippen molar-refractivity contribution < 1.29 is 0 Å². The highest BCUT2D eigenvalue weighted by molar-refractivity contribution is 7.26. The van der Waals surface area contributed by atoms with Gasteiger partial charge in [0.05, 0.1) is 49.1 Å². The summed E-state index contributed by atoms with van der Waals surface area (Å²) in [6.45, 7) is 3.34. The van der Waals surface area contributed by atoms with Crippen molar-refractivity contribution in [2.75, 3.05) is 0 Å². The average molecular weight is 362 g/mol. The summed E-state index contributed by atoms with van der Waals surface area (Å²) in [5.41, 5.74) is 0.653. The molecule has 0 aromatic carbocycles. The van der Waals surface area contributed by atoms with E-state index >= 15 is 0 Å². The van der Waals surface area contributed by atoms with E-state index in [-0.39, 0.29) is 10.9 Å². The second-order valence-corrected chi connectivity index (χ2v) is 9.03. The van der Waals surface area contributed by atoms with Gasteiger partial charge in [-0.15, -0.1) is 45.3 Å². The van der Waals surface area contributed by atoms with Crippen molar-refractivity contribution in [1.29, 1.82) is 10.5 Å². The number of nitriles is 2. The summed E-state index contributed by atoms with van der Waals surface area (Å²) in [6.07, 6.45) is 0. The Morgan fingerprint density at radius 1 is 0.727 bits per heavy atom. The van der Waals surface area contributed by atoms with Gasteiger partial charge < -0.3 is 0 Å². The first-order chi connectivity index (χ1) is 10.5. The average Bonchev–Trinajstić information content (AvgIpc) is 3.16. The molecule has 2 aliphatic heterocycles. The first kappa shape index (κ1) is 15.1. The van der Waals surface area contributed by atoms with E-state index in [1.54, 1.807) is 13.8 Å². The molecule has 8 heteroatoms. The molecule has 2 heterocycles. The molecular weight excluding hydrogens is 356 g/mol. The smallest absolute Gasteiger partial charge is 0.216 e. The maximum atomic E-state index is 12.6. The van der Waals surface area contributed by atoms with Crippen LogP contribution in [0.3, 0.4) is 0 Å². The SMILES string of the molecule is CC(C#N)=c1sc2c(=O)c3sc(=C(C)C#N)sc=3c(=O)c=2s1. The van der Waals surface area contributed by atoms with Gasteiger partial charge in [-0.25, -0.2) is 0 Å². The summed E-state index contributed by atoms with van der Waals surface area (Å²) in [5, 5.41) is 17.9. The molecule has 0 atom stereocenters. The number of hydrogen-bond acceptors (Lipinski definition) is 8. The molecule has 1 aliphatic carbocycles. The number of rotatable bonds is 0. The van der Waals surface area contributed by atoms with Crippen LogP contribution in [0.1, 0.15) is 13.8 Å². The van der Waals surface area contributed by atoms with Crippen molar-refractivity contribution in [3.63, 3.8) is 0 Å². The van der Waals surface area contributed by atoms with Crippen molar-refractivity contribution in [3.8, 4) is 12.1 Å². The molecule has 0 saturated carbocycles. The summed E-state index contributed by atoms with van der Waals surface area (Å²) < 4.78 is 3.00. The van der Waals surface area contributed by atoms with Crippen molar-refractivity contribution in [1.82, 2.24) is 0 Å². The van der Waals surface area contributed by atoms with E-state index in [4.69, 9.17) is 10.5 Å². The maximum absolute atomic E-state index is 12.6. The van der Waals surface area contributed by atoms with Crippen molar-refractivity contribution in [2.24, 2.45) is 0 Å². The molecule has 3 rings (SSSR count).